The molecule has 6 nitrogen and oxygen atoms in total. The first-order chi connectivity index (χ1) is 7.95. The minimum absolute atomic E-state index is 0.139. The van der Waals surface area contributed by atoms with Crippen LogP contribution in [0.2, 0.25) is 0 Å². The van der Waals surface area contributed by atoms with E-state index in [9.17, 15) is 13.2 Å². The number of amides is 1. The van der Waals surface area contributed by atoms with Gasteiger partial charge in [-0.05, 0) is 24.3 Å². The molecule has 0 fully saturated rings. The zero-order chi connectivity index (χ0) is 12.9. The zero-order valence-electron chi connectivity index (χ0n) is 9.43. The van der Waals surface area contributed by atoms with Crippen molar-refractivity contribution in [3.63, 3.8) is 0 Å². The van der Waals surface area contributed by atoms with E-state index in [1.807, 2.05) is 0 Å². The Hall–Kier alpha value is -1.44. The first kappa shape index (κ1) is 13.6. The van der Waals surface area contributed by atoms with Gasteiger partial charge >= 0.3 is 0 Å². The van der Waals surface area contributed by atoms with Gasteiger partial charge in [0, 0.05) is 25.7 Å². The van der Waals surface area contributed by atoms with Gasteiger partial charge < -0.3 is 11.1 Å². The molecule has 4 N–H and O–H groups in total. The molecule has 0 aliphatic rings. The lowest BCUT2D eigenvalue weighted by molar-refractivity contribution is -0.114. The van der Waals surface area contributed by atoms with Gasteiger partial charge in [-0.1, -0.05) is 0 Å². The van der Waals surface area contributed by atoms with Gasteiger partial charge in [0.05, 0.1) is 4.90 Å². The average molecular weight is 257 g/mol. The number of carbonyl (C=O) groups excluding carboxylic acids is 1. The summed E-state index contributed by atoms with van der Waals surface area (Å²) in [5, 5.41) is 2.55. The van der Waals surface area contributed by atoms with Gasteiger partial charge in [-0.15, -0.1) is 0 Å². The van der Waals surface area contributed by atoms with Crippen LogP contribution in [0.4, 0.5) is 5.69 Å². The molecule has 0 heterocycles. The second kappa shape index (κ2) is 5.76. The van der Waals surface area contributed by atoms with Gasteiger partial charge in [0.15, 0.2) is 0 Å². The second-order valence-electron chi connectivity index (χ2n) is 3.39. The smallest absolute Gasteiger partial charge is 0.240 e. The van der Waals surface area contributed by atoms with Crippen LogP contribution < -0.4 is 15.8 Å². The van der Waals surface area contributed by atoms with Crippen LogP contribution in [0.5, 0.6) is 0 Å². The van der Waals surface area contributed by atoms with Crippen molar-refractivity contribution >= 4 is 21.6 Å². The van der Waals surface area contributed by atoms with E-state index < -0.39 is 10.0 Å². The third-order valence-electron chi connectivity index (χ3n) is 1.92. The summed E-state index contributed by atoms with van der Waals surface area (Å²) in [4.78, 5) is 10.9. The molecule has 0 unspecified atom stereocenters. The number of nitrogens with two attached hydrogens (primary N) is 1. The maximum Gasteiger partial charge on any atom is 0.240 e. The number of carbonyl (C=O) groups is 1. The van der Waals surface area contributed by atoms with Gasteiger partial charge in [-0.25, -0.2) is 13.1 Å². The highest BCUT2D eigenvalue weighted by atomic mass is 32.2. The van der Waals surface area contributed by atoms with Gasteiger partial charge in [-0.3, -0.25) is 4.79 Å². The predicted octanol–water partition coefficient (Wildman–Crippen LogP) is -0.118. The summed E-state index contributed by atoms with van der Waals surface area (Å²) in [7, 11) is -3.51. The minimum Gasteiger partial charge on any atom is -0.329 e. The number of hydrogen-bond acceptors (Lipinski definition) is 4. The van der Waals surface area contributed by atoms with E-state index >= 15 is 0 Å². The van der Waals surface area contributed by atoms with Gasteiger partial charge in [0.1, 0.15) is 0 Å². The second-order valence-corrected chi connectivity index (χ2v) is 5.16. The fraction of sp³-hybridized carbons (Fsp3) is 0.300. The first-order valence-electron chi connectivity index (χ1n) is 5.03. The molecule has 0 aliphatic carbocycles. The fourth-order valence-electron chi connectivity index (χ4n) is 1.20. The molecule has 94 valence electrons. The number of hydrogen-bond donors (Lipinski definition) is 3. The molecule has 0 saturated heterocycles. The van der Waals surface area contributed by atoms with Crippen molar-refractivity contribution in [3.8, 4) is 0 Å². The number of benzene rings is 1. The van der Waals surface area contributed by atoms with Gasteiger partial charge in [0.2, 0.25) is 15.9 Å². The molecule has 0 aliphatic heterocycles. The number of anilines is 1. The molecule has 0 spiro atoms. The van der Waals surface area contributed by atoms with Crippen LogP contribution in [0.15, 0.2) is 29.2 Å². The van der Waals surface area contributed by atoms with Crippen molar-refractivity contribution < 1.29 is 13.2 Å². The van der Waals surface area contributed by atoms with E-state index in [4.69, 9.17) is 5.73 Å². The standard InChI is InChI=1S/C10H15N3O3S/c1-8(14)13-9-2-4-10(5-3-9)17(15,16)12-7-6-11/h2-5,12H,6-7,11H2,1H3,(H,13,14). The summed E-state index contributed by atoms with van der Waals surface area (Å²) in [5.74, 6) is -0.207. The molecule has 17 heavy (non-hydrogen) atoms. The molecule has 0 radical (unpaired) electrons. The van der Waals surface area contributed by atoms with Crippen molar-refractivity contribution in [3.05, 3.63) is 24.3 Å². The molecule has 0 saturated carbocycles. The zero-order valence-corrected chi connectivity index (χ0v) is 10.3. The van der Waals surface area contributed by atoms with Crippen LogP contribution in [0.25, 0.3) is 0 Å². The van der Waals surface area contributed by atoms with Crippen LogP contribution in [0.1, 0.15) is 6.92 Å². The SMILES string of the molecule is CC(=O)Nc1ccc(S(=O)(=O)NCCN)cc1. The van der Waals surface area contributed by atoms with Crippen molar-refractivity contribution in [1.82, 2.24) is 4.72 Å². The maximum atomic E-state index is 11.7. The Balaban J connectivity index is 2.83. The third-order valence-corrected chi connectivity index (χ3v) is 3.40. The highest BCUT2D eigenvalue weighted by Crippen LogP contribution is 2.13. The van der Waals surface area contributed by atoms with Gasteiger partial charge in [0.25, 0.3) is 0 Å². The minimum atomic E-state index is -3.51. The maximum absolute atomic E-state index is 11.7. The largest absolute Gasteiger partial charge is 0.329 e. The topological polar surface area (TPSA) is 101 Å². The normalized spacial score (nSPS) is 11.2. The summed E-state index contributed by atoms with van der Waals surface area (Å²) < 4.78 is 25.7. The van der Waals surface area contributed by atoms with Crippen molar-refractivity contribution in [2.24, 2.45) is 5.73 Å². The molecule has 1 aromatic rings. The molecule has 1 aromatic carbocycles. The first-order valence-corrected chi connectivity index (χ1v) is 6.51. The molecule has 1 rings (SSSR count). The lowest BCUT2D eigenvalue weighted by atomic mass is 10.3. The van der Waals surface area contributed by atoms with Crippen LogP contribution in [0.3, 0.4) is 0 Å². The average Bonchev–Trinajstić information content (AvgIpc) is 2.26. The van der Waals surface area contributed by atoms with E-state index in [2.05, 4.69) is 10.0 Å². The van der Waals surface area contributed by atoms with E-state index in [-0.39, 0.29) is 23.9 Å². The van der Waals surface area contributed by atoms with E-state index in [0.29, 0.717) is 5.69 Å². The Morgan fingerprint density at radius 1 is 1.29 bits per heavy atom. The quantitative estimate of drug-likeness (QED) is 0.684. The number of nitrogens with one attached hydrogen (secondary N) is 2. The van der Waals surface area contributed by atoms with Gasteiger partial charge in [-0.2, -0.15) is 0 Å². The van der Waals surface area contributed by atoms with Crippen molar-refractivity contribution in [2.45, 2.75) is 11.8 Å². The molecular formula is C10H15N3O3S. The Morgan fingerprint density at radius 2 is 1.88 bits per heavy atom. The van der Waals surface area contributed by atoms with E-state index in [1.165, 1.54) is 31.2 Å². The predicted molar refractivity (Wildman–Crippen MR) is 65.0 cm³/mol. The lowest BCUT2D eigenvalue weighted by Crippen LogP contribution is -2.29. The molecule has 7 heteroatoms. The lowest BCUT2D eigenvalue weighted by Gasteiger charge is -2.06. The summed E-state index contributed by atoms with van der Waals surface area (Å²) in [6, 6.07) is 5.89. The molecule has 0 aromatic heterocycles. The summed E-state index contributed by atoms with van der Waals surface area (Å²) in [5.41, 5.74) is 5.77. The van der Waals surface area contributed by atoms with Crippen LogP contribution in [0, 0.1) is 0 Å². The van der Waals surface area contributed by atoms with Crippen LogP contribution >= 0.6 is 0 Å². The van der Waals surface area contributed by atoms with Crippen LogP contribution in [-0.4, -0.2) is 27.4 Å². The van der Waals surface area contributed by atoms with E-state index in [0.717, 1.165) is 0 Å². The van der Waals surface area contributed by atoms with Crippen molar-refractivity contribution in [2.75, 3.05) is 18.4 Å². The Morgan fingerprint density at radius 3 is 2.35 bits per heavy atom. The Bertz CT molecular complexity index is 482. The molecule has 0 atom stereocenters. The number of rotatable bonds is 5. The summed E-state index contributed by atoms with van der Waals surface area (Å²) >= 11 is 0. The number of sulfonamides is 1. The highest BCUT2D eigenvalue weighted by Gasteiger charge is 2.12. The van der Waals surface area contributed by atoms with Crippen LogP contribution in [-0.2, 0) is 14.8 Å². The third kappa shape index (κ3) is 4.14. The van der Waals surface area contributed by atoms with Crippen molar-refractivity contribution in [1.29, 1.82) is 0 Å². The highest BCUT2D eigenvalue weighted by molar-refractivity contribution is 7.89. The summed E-state index contributed by atoms with van der Waals surface area (Å²) in [6.07, 6.45) is 0. The molecular weight excluding hydrogens is 242 g/mol. The molecule has 1 amide bonds. The monoisotopic (exact) mass is 257 g/mol. The Kier molecular flexibility index (Phi) is 4.62. The Labute approximate surface area is 100 Å². The summed E-state index contributed by atoms with van der Waals surface area (Å²) in [6.45, 7) is 1.81. The molecule has 0 bridgehead atoms. The van der Waals surface area contributed by atoms with E-state index in [1.54, 1.807) is 0 Å². The fourth-order valence-corrected chi connectivity index (χ4v) is 2.24.